The van der Waals surface area contributed by atoms with Gasteiger partial charge < -0.3 is 5.73 Å². The van der Waals surface area contributed by atoms with Crippen molar-refractivity contribution < 1.29 is 8.42 Å². The first-order valence-corrected chi connectivity index (χ1v) is 8.53. The zero-order chi connectivity index (χ0) is 14.3. The molecule has 5 nitrogen and oxygen atoms in total. The van der Waals surface area contributed by atoms with Gasteiger partial charge in [0.05, 0.1) is 16.9 Å². The maximum Gasteiger partial charge on any atom is 0.275 e. The van der Waals surface area contributed by atoms with Gasteiger partial charge in [-0.3, -0.25) is 4.31 Å². The quantitative estimate of drug-likeness (QED) is 0.913. The van der Waals surface area contributed by atoms with Crippen LogP contribution in [0.2, 0.25) is 0 Å². The first-order valence-electron chi connectivity index (χ1n) is 6.27. The van der Waals surface area contributed by atoms with Crippen LogP contribution in [0, 0.1) is 6.92 Å². The van der Waals surface area contributed by atoms with Crippen LogP contribution >= 0.6 is 11.3 Å². The number of hydrogen-bond donors (Lipinski definition) is 1. The molecular weight excluding hydrogens is 294 g/mol. The van der Waals surface area contributed by atoms with Gasteiger partial charge in [0.2, 0.25) is 0 Å². The van der Waals surface area contributed by atoms with Crippen molar-refractivity contribution in [3.8, 4) is 0 Å². The summed E-state index contributed by atoms with van der Waals surface area (Å²) >= 11 is 1.18. The predicted octanol–water partition coefficient (Wildman–Crippen LogP) is 1.53. The molecule has 2 heterocycles. The number of sulfonamides is 1. The molecule has 1 aliphatic heterocycles. The molecule has 2 aromatic rings. The van der Waals surface area contributed by atoms with E-state index in [1.165, 1.54) is 21.8 Å². The lowest BCUT2D eigenvalue weighted by Gasteiger charge is -2.33. The Morgan fingerprint density at radius 2 is 2.15 bits per heavy atom. The molecule has 7 heteroatoms. The molecule has 0 aliphatic carbocycles. The molecule has 106 valence electrons. The molecule has 0 spiro atoms. The molecule has 2 N–H and O–H groups in total. The standard InChI is InChI=1S/C13H15N3O2S2/c1-9-15-7-13(19-9)20(17,18)16-8-11(14)6-10-4-2-3-5-12(10)16/h2-5,7,11H,6,8,14H2,1H3. The van der Waals surface area contributed by atoms with Crippen LogP contribution in [0.5, 0.6) is 0 Å². The van der Waals surface area contributed by atoms with E-state index in [9.17, 15) is 8.42 Å². The van der Waals surface area contributed by atoms with Crippen LogP contribution < -0.4 is 10.0 Å². The van der Waals surface area contributed by atoms with Crippen molar-refractivity contribution in [3.05, 3.63) is 41.0 Å². The first kappa shape index (κ1) is 13.5. The molecule has 1 aromatic carbocycles. The van der Waals surface area contributed by atoms with Gasteiger partial charge >= 0.3 is 0 Å². The fourth-order valence-electron chi connectivity index (χ4n) is 2.38. The normalized spacial score (nSPS) is 18.9. The smallest absolute Gasteiger partial charge is 0.275 e. The van der Waals surface area contributed by atoms with Crippen molar-refractivity contribution in [1.82, 2.24) is 4.98 Å². The van der Waals surface area contributed by atoms with Gasteiger partial charge in [-0.25, -0.2) is 13.4 Å². The fourth-order valence-corrected chi connectivity index (χ4v) is 5.17. The second-order valence-corrected chi connectivity index (χ2v) is 8.15. The number of anilines is 1. The Kier molecular flexibility index (Phi) is 3.27. The summed E-state index contributed by atoms with van der Waals surface area (Å²) in [6.07, 6.45) is 2.11. The summed E-state index contributed by atoms with van der Waals surface area (Å²) in [5.74, 6) is 0. The van der Waals surface area contributed by atoms with Crippen LogP contribution in [-0.2, 0) is 16.4 Å². The van der Waals surface area contributed by atoms with Crippen molar-refractivity contribution in [2.24, 2.45) is 5.73 Å². The van der Waals surface area contributed by atoms with Crippen LogP contribution in [0.1, 0.15) is 10.6 Å². The van der Waals surface area contributed by atoms with Crippen molar-refractivity contribution in [1.29, 1.82) is 0 Å². The van der Waals surface area contributed by atoms with E-state index in [0.29, 0.717) is 13.0 Å². The lowest BCUT2D eigenvalue weighted by Crippen LogP contribution is -2.46. The maximum absolute atomic E-state index is 12.7. The van der Waals surface area contributed by atoms with E-state index in [1.807, 2.05) is 24.3 Å². The molecule has 0 radical (unpaired) electrons. The first-order chi connectivity index (χ1) is 9.48. The number of thiazole rings is 1. The van der Waals surface area contributed by atoms with E-state index < -0.39 is 10.0 Å². The largest absolute Gasteiger partial charge is 0.326 e. The SMILES string of the molecule is Cc1ncc(S(=O)(=O)N2CC(N)Cc3ccccc32)s1. The Morgan fingerprint density at radius 3 is 2.85 bits per heavy atom. The molecule has 3 rings (SSSR count). The van der Waals surface area contributed by atoms with Crippen LogP contribution in [0.15, 0.2) is 34.7 Å². The second kappa shape index (κ2) is 4.83. The number of para-hydroxylation sites is 1. The number of nitrogens with two attached hydrogens (primary N) is 1. The zero-order valence-corrected chi connectivity index (χ0v) is 12.6. The summed E-state index contributed by atoms with van der Waals surface area (Å²) in [7, 11) is -3.58. The Morgan fingerprint density at radius 1 is 1.40 bits per heavy atom. The van der Waals surface area contributed by atoms with Crippen LogP contribution in [0.3, 0.4) is 0 Å². The molecule has 0 fully saturated rings. The van der Waals surface area contributed by atoms with Gasteiger partial charge in [0.25, 0.3) is 10.0 Å². The summed E-state index contributed by atoms with van der Waals surface area (Å²) in [6, 6.07) is 7.31. The van der Waals surface area contributed by atoms with Gasteiger partial charge in [0.1, 0.15) is 0 Å². The highest BCUT2D eigenvalue weighted by molar-refractivity contribution is 7.94. The van der Waals surface area contributed by atoms with Gasteiger partial charge in [-0.05, 0) is 25.0 Å². The number of aryl methyl sites for hydroxylation is 1. The average molecular weight is 309 g/mol. The third kappa shape index (κ3) is 2.21. The van der Waals surface area contributed by atoms with E-state index in [0.717, 1.165) is 16.3 Å². The highest BCUT2D eigenvalue weighted by atomic mass is 32.2. The molecule has 0 saturated carbocycles. The summed E-state index contributed by atoms with van der Waals surface area (Å²) in [5, 5.41) is 0.734. The topological polar surface area (TPSA) is 76.3 Å². The minimum Gasteiger partial charge on any atom is -0.326 e. The van der Waals surface area contributed by atoms with E-state index in [-0.39, 0.29) is 10.3 Å². The summed E-state index contributed by atoms with van der Waals surface area (Å²) in [6.45, 7) is 2.09. The third-order valence-electron chi connectivity index (χ3n) is 3.29. The van der Waals surface area contributed by atoms with E-state index in [1.54, 1.807) is 6.92 Å². The minimum absolute atomic E-state index is 0.186. The predicted molar refractivity (Wildman–Crippen MR) is 79.5 cm³/mol. The molecule has 0 saturated heterocycles. The Balaban J connectivity index is 2.10. The molecule has 1 aliphatic rings. The van der Waals surface area contributed by atoms with Crippen LogP contribution in [0.4, 0.5) is 5.69 Å². The zero-order valence-electron chi connectivity index (χ0n) is 11.0. The van der Waals surface area contributed by atoms with Crippen LogP contribution in [0.25, 0.3) is 0 Å². The Hall–Kier alpha value is -1.44. The average Bonchev–Trinajstić information content (AvgIpc) is 2.85. The van der Waals surface area contributed by atoms with E-state index in [2.05, 4.69) is 4.98 Å². The van der Waals surface area contributed by atoms with Crippen molar-refractivity contribution >= 4 is 27.0 Å². The van der Waals surface area contributed by atoms with Crippen LogP contribution in [-0.4, -0.2) is 26.0 Å². The van der Waals surface area contributed by atoms with Gasteiger partial charge in [-0.15, -0.1) is 11.3 Å². The number of fused-ring (bicyclic) bond motifs is 1. The van der Waals surface area contributed by atoms with Gasteiger partial charge in [0.15, 0.2) is 4.21 Å². The van der Waals surface area contributed by atoms with Gasteiger partial charge in [-0.1, -0.05) is 18.2 Å². The number of hydrogen-bond acceptors (Lipinski definition) is 5. The second-order valence-electron chi connectivity index (χ2n) is 4.83. The fraction of sp³-hybridized carbons (Fsp3) is 0.308. The summed E-state index contributed by atoms with van der Waals surface area (Å²) in [5.41, 5.74) is 7.69. The lowest BCUT2D eigenvalue weighted by molar-refractivity contribution is 0.577. The van der Waals surface area contributed by atoms with Gasteiger partial charge in [-0.2, -0.15) is 0 Å². The number of aromatic nitrogens is 1. The highest BCUT2D eigenvalue weighted by Gasteiger charge is 2.32. The molecule has 20 heavy (non-hydrogen) atoms. The highest BCUT2D eigenvalue weighted by Crippen LogP contribution is 2.32. The van der Waals surface area contributed by atoms with E-state index in [4.69, 9.17) is 5.73 Å². The molecule has 1 atom stereocenters. The molecular formula is C13H15N3O2S2. The van der Waals surface area contributed by atoms with Crippen molar-refractivity contribution in [3.63, 3.8) is 0 Å². The molecule has 1 aromatic heterocycles. The molecule has 0 amide bonds. The van der Waals surface area contributed by atoms with Crippen molar-refractivity contribution in [2.75, 3.05) is 10.8 Å². The number of benzene rings is 1. The Bertz CT molecular complexity index is 740. The lowest BCUT2D eigenvalue weighted by atomic mass is 10.0. The van der Waals surface area contributed by atoms with Crippen molar-refractivity contribution in [2.45, 2.75) is 23.6 Å². The van der Waals surface area contributed by atoms with E-state index >= 15 is 0 Å². The monoisotopic (exact) mass is 309 g/mol. The minimum atomic E-state index is -3.58. The summed E-state index contributed by atoms with van der Waals surface area (Å²) in [4.78, 5) is 4.03. The summed E-state index contributed by atoms with van der Waals surface area (Å²) < 4.78 is 27.2. The van der Waals surface area contributed by atoms with Gasteiger partial charge in [0, 0.05) is 12.6 Å². The Labute approximate surface area is 122 Å². The third-order valence-corrected chi connectivity index (χ3v) is 6.42. The molecule has 1 unspecified atom stereocenters. The molecule has 0 bridgehead atoms. The number of nitrogens with zero attached hydrogens (tertiary/aromatic N) is 2. The number of rotatable bonds is 2. The maximum atomic E-state index is 12.7.